The number of benzene rings is 2. The quantitative estimate of drug-likeness (QED) is 0.730. The van der Waals surface area contributed by atoms with E-state index in [1.807, 2.05) is 12.1 Å². The van der Waals surface area contributed by atoms with E-state index in [0.29, 0.717) is 27.8 Å². The van der Waals surface area contributed by atoms with Crippen LogP contribution in [-0.2, 0) is 0 Å². The van der Waals surface area contributed by atoms with Crippen molar-refractivity contribution < 1.29 is 9.18 Å². The summed E-state index contributed by atoms with van der Waals surface area (Å²) in [6.45, 7) is 4.86. The Balaban J connectivity index is 1.37. The molecule has 27 heavy (non-hydrogen) atoms. The highest BCUT2D eigenvalue weighted by atomic mass is 35.5. The molecule has 7 heteroatoms. The van der Waals surface area contributed by atoms with Gasteiger partial charge in [-0.1, -0.05) is 35.3 Å². The largest absolute Gasteiger partial charge is 0.367 e. The van der Waals surface area contributed by atoms with Gasteiger partial charge in [0.25, 0.3) is 5.91 Å². The van der Waals surface area contributed by atoms with Gasteiger partial charge in [0.2, 0.25) is 0 Å². The highest BCUT2D eigenvalue weighted by Crippen LogP contribution is 2.22. The number of nitrogens with one attached hydrogen (secondary N) is 1. The summed E-state index contributed by atoms with van der Waals surface area (Å²) in [5.41, 5.74) is 1.17. The van der Waals surface area contributed by atoms with Crippen LogP contribution in [0.25, 0.3) is 0 Å². The molecule has 0 aliphatic carbocycles. The summed E-state index contributed by atoms with van der Waals surface area (Å²) in [6, 6.07) is 11.7. The summed E-state index contributed by atoms with van der Waals surface area (Å²) in [4.78, 5) is 16.5. The van der Waals surface area contributed by atoms with Crippen molar-refractivity contribution in [2.45, 2.75) is 6.42 Å². The average molecular weight is 410 g/mol. The monoisotopic (exact) mass is 409 g/mol. The van der Waals surface area contributed by atoms with Gasteiger partial charge in [0.05, 0.1) is 15.7 Å². The van der Waals surface area contributed by atoms with Gasteiger partial charge in [-0.25, -0.2) is 4.39 Å². The third kappa shape index (κ3) is 5.34. The van der Waals surface area contributed by atoms with E-state index < -0.39 is 0 Å². The molecule has 1 heterocycles. The molecule has 0 bridgehead atoms. The Morgan fingerprint density at radius 2 is 1.78 bits per heavy atom. The molecule has 1 amide bonds. The molecule has 0 unspecified atom stereocenters. The number of para-hydroxylation sites is 1. The lowest BCUT2D eigenvalue weighted by Crippen LogP contribution is -2.47. The normalized spacial score (nSPS) is 15.0. The molecule has 4 nitrogen and oxygen atoms in total. The first-order valence-corrected chi connectivity index (χ1v) is 9.75. The van der Waals surface area contributed by atoms with Gasteiger partial charge in [-0.15, -0.1) is 0 Å². The molecule has 0 atom stereocenters. The van der Waals surface area contributed by atoms with Crippen molar-refractivity contribution in [2.75, 3.05) is 44.2 Å². The van der Waals surface area contributed by atoms with Gasteiger partial charge in [0.15, 0.2) is 0 Å². The average Bonchev–Trinajstić information content (AvgIpc) is 2.68. The smallest absolute Gasteiger partial charge is 0.251 e. The van der Waals surface area contributed by atoms with Gasteiger partial charge in [0.1, 0.15) is 5.82 Å². The number of nitrogens with zero attached hydrogens (tertiary/aromatic N) is 2. The molecular formula is C20H22Cl2FN3O. The minimum absolute atomic E-state index is 0.155. The van der Waals surface area contributed by atoms with Crippen molar-refractivity contribution in [3.05, 3.63) is 63.9 Å². The zero-order chi connectivity index (χ0) is 19.2. The summed E-state index contributed by atoms with van der Waals surface area (Å²) >= 11 is 11.8. The van der Waals surface area contributed by atoms with Gasteiger partial charge in [-0.2, -0.15) is 0 Å². The van der Waals surface area contributed by atoms with Crippen LogP contribution in [0.1, 0.15) is 16.8 Å². The van der Waals surface area contributed by atoms with E-state index in [9.17, 15) is 9.18 Å². The van der Waals surface area contributed by atoms with E-state index in [0.717, 1.165) is 39.1 Å². The highest BCUT2D eigenvalue weighted by Gasteiger charge is 2.18. The summed E-state index contributed by atoms with van der Waals surface area (Å²) in [5.74, 6) is -0.325. The molecular weight excluding hydrogens is 388 g/mol. The first-order chi connectivity index (χ1) is 13.0. The number of rotatable bonds is 6. The molecule has 1 fully saturated rings. The Labute approximate surface area is 168 Å². The van der Waals surface area contributed by atoms with Crippen molar-refractivity contribution in [3.63, 3.8) is 0 Å². The van der Waals surface area contributed by atoms with Crippen LogP contribution >= 0.6 is 23.2 Å². The van der Waals surface area contributed by atoms with E-state index in [-0.39, 0.29) is 11.7 Å². The minimum atomic E-state index is -0.170. The highest BCUT2D eigenvalue weighted by molar-refractivity contribution is 6.42. The molecule has 0 spiro atoms. The van der Waals surface area contributed by atoms with Crippen molar-refractivity contribution >= 4 is 34.8 Å². The van der Waals surface area contributed by atoms with Gasteiger partial charge >= 0.3 is 0 Å². The number of hydrogen-bond acceptors (Lipinski definition) is 3. The third-order valence-electron chi connectivity index (χ3n) is 4.68. The molecule has 1 saturated heterocycles. The lowest BCUT2D eigenvalue weighted by molar-refractivity contribution is 0.0951. The van der Waals surface area contributed by atoms with E-state index in [1.165, 1.54) is 6.07 Å². The first-order valence-electron chi connectivity index (χ1n) is 8.99. The van der Waals surface area contributed by atoms with E-state index in [2.05, 4.69) is 15.1 Å². The molecule has 144 valence electrons. The summed E-state index contributed by atoms with van der Waals surface area (Å²) < 4.78 is 13.9. The number of hydrogen-bond donors (Lipinski definition) is 1. The summed E-state index contributed by atoms with van der Waals surface area (Å²) in [6.07, 6.45) is 0.854. The molecule has 1 N–H and O–H groups in total. The second kappa shape index (κ2) is 9.40. The van der Waals surface area contributed by atoms with Crippen LogP contribution in [0, 0.1) is 5.82 Å². The van der Waals surface area contributed by atoms with Gasteiger partial charge in [-0.05, 0) is 43.3 Å². The van der Waals surface area contributed by atoms with Crippen LogP contribution in [0.15, 0.2) is 42.5 Å². The zero-order valence-electron chi connectivity index (χ0n) is 14.9. The first kappa shape index (κ1) is 19.9. The van der Waals surface area contributed by atoms with Crippen molar-refractivity contribution in [3.8, 4) is 0 Å². The number of amides is 1. The number of piperazine rings is 1. The van der Waals surface area contributed by atoms with Crippen LogP contribution in [-0.4, -0.2) is 50.1 Å². The van der Waals surface area contributed by atoms with Gasteiger partial charge in [-0.3, -0.25) is 9.69 Å². The molecule has 0 saturated carbocycles. The van der Waals surface area contributed by atoms with Crippen LogP contribution < -0.4 is 10.2 Å². The number of halogens is 3. The Morgan fingerprint density at radius 1 is 1.04 bits per heavy atom. The van der Waals surface area contributed by atoms with Crippen molar-refractivity contribution in [1.29, 1.82) is 0 Å². The fourth-order valence-electron chi connectivity index (χ4n) is 3.16. The second-order valence-corrected chi connectivity index (χ2v) is 7.33. The maximum Gasteiger partial charge on any atom is 0.251 e. The molecule has 1 aliphatic rings. The number of carbonyl (C=O) groups is 1. The maximum atomic E-state index is 13.9. The molecule has 2 aromatic carbocycles. The van der Waals surface area contributed by atoms with Crippen LogP contribution in [0.3, 0.4) is 0 Å². The molecule has 3 rings (SSSR count). The van der Waals surface area contributed by atoms with Crippen molar-refractivity contribution in [1.82, 2.24) is 10.2 Å². The van der Waals surface area contributed by atoms with E-state index >= 15 is 0 Å². The Hall–Kier alpha value is -1.82. The predicted molar refractivity (Wildman–Crippen MR) is 108 cm³/mol. The van der Waals surface area contributed by atoms with Crippen LogP contribution in [0.2, 0.25) is 10.0 Å². The third-order valence-corrected chi connectivity index (χ3v) is 5.42. The number of anilines is 1. The van der Waals surface area contributed by atoms with Crippen LogP contribution in [0.4, 0.5) is 10.1 Å². The van der Waals surface area contributed by atoms with E-state index in [4.69, 9.17) is 23.2 Å². The fraction of sp³-hybridized carbons (Fsp3) is 0.350. The lowest BCUT2D eigenvalue weighted by atomic mass is 10.2. The minimum Gasteiger partial charge on any atom is -0.367 e. The topological polar surface area (TPSA) is 35.6 Å². The van der Waals surface area contributed by atoms with Gasteiger partial charge < -0.3 is 10.2 Å². The molecule has 0 radical (unpaired) electrons. The van der Waals surface area contributed by atoms with E-state index in [1.54, 1.807) is 24.3 Å². The second-order valence-electron chi connectivity index (χ2n) is 6.52. The lowest BCUT2D eigenvalue weighted by Gasteiger charge is -2.36. The maximum absolute atomic E-state index is 13.9. The van der Waals surface area contributed by atoms with Crippen LogP contribution in [0.5, 0.6) is 0 Å². The summed E-state index contributed by atoms with van der Waals surface area (Å²) in [7, 11) is 0. The molecule has 2 aromatic rings. The zero-order valence-corrected chi connectivity index (χ0v) is 16.4. The molecule has 1 aliphatic heterocycles. The predicted octanol–water partition coefficient (Wildman–Crippen LogP) is 4.07. The SMILES string of the molecule is O=C(NCCCN1CCN(c2ccccc2F)CC1)c1ccc(Cl)c(Cl)c1. The fourth-order valence-corrected chi connectivity index (χ4v) is 3.46. The standard InChI is InChI=1S/C20H22Cl2FN3O/c21-16-7-6-15(14-17(16)22)20(27)24-8-3-9-25-10-12-26(13-11-25)19-5-2-1-4-18(19)23/h1-2,4-7,14H,3,8-13H2,(H,24,27). The summed E-state index contributed by atoms with van der Waals surface area (Å²) in [5, 5.41) is 3.71. The van der Waals surface area contributed by atoms with Crippen molar-refractivity contribution in [2.24, 2.45) is 0 Å². The number of carbonyl (C=O) groups excluding carboxylic acids is 1. The molecule has 0 aromatic heterocycles. The Kier molecular flexibility index (Phi) is 6.94. The Morgan fingerprint density at radius 3 is 2.48 bits per heavy atom. The van der Waals surface area contributed by atoms with Gasteiger partial charge in [0, 0.05) is 38.3 Å². The Bertz CT molecular complexity index is 795.